The van der Waals surface area contributed by atoms with Gasteiger partial charge in [0.25, 0.3) is 0 Å². The molecule has 0 amide bonds. The third kappa shape index (κ3) is 2.71. The third-order valence-electron chi connectivity index (χ3n) is 3.52. The standard InChI is InChI=1S/C16H20N2.H3N/c1-9-5-13(6-10(2)15(9)17)14-7-11(3)16(18)12(4)8-14;/h5-8H,17-18H2,1-4H3;1H3. The molecule has 0 unspecified atom stereocenters. The molecule has 19 heavy (non-hydrogen) atoms. The zero-order chi connectivity index (χ0) is 13.4. The number of nitrogens with two attached hydrogens (primary N) is 2. The van der Waals surface area contributed by atoms with Crippen LogP contribution in [0.15, 0.2) is 24.3 Å². The second kappa shape index (κ2) is 5.33. The Morgan fingerprint density at radius 1 is 0.579 bits per heavy atom. The molecule has 0 atom stereocenters. The van der Waals surface area contributed by atoms with Crippen molar-refractivity contribution < 1.29 is 0 Å². The Labute approximate surface area is 115 Å². The summed E-state index contributed by atoms with van der Waals surface area (Å²) in [5, 5.41) is 0. The zero-order valence-corrected chi connectivity index (χ0v) is 12.2. The molecule has 0 radical (unpaired) electrons. The Morgan fingerprint density at radius 2 is 0.789 bits per heavy atom. The van der Waals surface area contributed by atoms with Gasteiger partial charge in [-0.05, 0) is 85.3 Å². The normalized spacial score (nSPS) is 10.1. The van der Waals surface area contributed by atoms with Crippen LogP contribution in [0.25, 0.3) is 11.1 Å². The lowest BCUT2D eigenvalue weighted by molar-refractivity contribution is 1.36. The molecule has 3 nitrogen and oxygen atoms in total. The van der Waals surface area contributed by atoms with Crippen LogP contribution in [-0.2, 0) is 0 Å². The van der Waals surface area contributed by atoms with Crippen molar-refractivity contribution in [1.82, 2.24) is 6.15 Å². The molecule has 2 rings (SSSR count). The molecule has 0 aliphatic rings. The molecule has 102 valence electrons. The van der Waals surface area contributed by atoms with E-state index in [-0.39, 0.29) is 6.15 Å². The Kier molecular flexibility index (Phi) is 4.22. The summed E-state index contributed by atoms with van der Waals surface area (Å²) < 4.78 is 0. The van der Waals surface area contributed by atoms with Crippen LogP contribution in [0.5, 0.6) is 0 Å². The highest BCUT2D eigenvalue weighted by Gasteiger charge is 2.07. The van der Waals surface area contributed by atoms with Gasteiger partial charge in [0.05, 0.1) is 0 Å². The number of hydrogen-bond acceptors (Lipinski definition) is 3. The van der Waals surface area contributed by atoms with E-state index in [0.717, 1.165) is 33.6 Å². The van der Waals surface area contributed by atoms with E-state index in [9.17, 15) is 0 Å². The maximum absolute atomic E-state index is 5.99. The van der Waals surface area contributed by atoms with Crippen molar-refractivity contribution in [3.8, 4) is 11.1 Å². The van der Waals surface area contributed by atoms with E-state index in [4.69, 9.17) is 11.5 Å². The van der Waals surface area contributed by atoms with E-state index in [1.807, 2.05) is 27.7 Å². The minimum atomic E-state index is 0. The van der Waals surface area contributed by atoms with E-state index in [0.29, 0.717) is 0 Å². The number of aryl methyl sites for hydroxylation is 4. The van der Waals surface area contributed by atoms with Crippen molar-refractivity contribution in [2.75, 3.05) is 11.5 Å². The molecule has 2 aromatic rings. The summed E-state index contributed by atoms with van der Waals surface area (Å²) in [5.74, 6) is 0. The fourth-order valence-corrected chi connectivity index (χ4v) is 2.28. The number of benzene rings is 2. The SMILES string of the molecule is Cc1cc(-c2cc(C)c(N)c(C)c2)cc(C)c1N.N. The quantitative estimate of drug-likeness (QED) is 0.677. The maximum Gasteiger partial charge on any atom is 0.0373 e. The van der Waals surface area contributed by atoms with Crippen molar-refractivity contribution in [1.29, 1.82) is 0 Å². The predicted molar refractivity (Wildman–Crippen MR) is 84.7 cm³/mol. The minimum Gasteiger partial charge on any atom is -0.398 e. The number of hydrogen-bond donors (Lipinski definition) is 3. The Bertz CT molecular complexity index is 514. The Hall–Kier alpha value is -2.00. The molecular weight excluding hydrogens is 234 g/mol. The van der Waals surface area contributed by atoms with Crippen LogP contribution in [0.4, 0.5) is 11.4 Å². The van der Waals surface area contributed by atoms with Crippen molar-refractivity contribution >= 4 is 11.4 Å². The molecule has 0 saturated heterocycles. The first-order chi connectivity index (χ1) is 8.40. The van der Waals surface area contributed by atoms with Gasteiger partial charge in [0.2, 0.25) is 0 Å². The Balaban J connectivity index is 0.00000180. The number of anilines is 2. The first-order valence-corrected chi connectivity index (χ1v) is 6.14. The van der Waals surface area contributed by atoms with Crippen LogP contribution < -0.4 is 17.6 Å². The van der Waals surface area contributed by atoms with Crippen LogP contribution in [0, 0.1) is 27.7 Å². The van der Waals surface area contributed by atoms with E-state index in [1.54, 1.807) is 0 Å². The average Bonchev–Trinajstić information content (AvgIpc) is 2.31. The lowest BCUT2D eigenvalue weighted by Crippen LogP contribution is -1.97. The average molecular weight is 257 g/mol. The molecule has 0 aliphatic heterocycles. The van der Waals surface area contributed by atoms with Crippen LogP contribution in [0.3, 0.4) is 0 Å². The highest BCUT2D eigenvalue weighted by Crippen LogP contribution is 2.30. The van der Waals surface area contributed by atoms with Crippen LogP contribution >= 0.6 is 0 Å². The van der Waals surface area contributed by atoms with Gasteiger partial charge in [-0.15, -0.1) is 0 Å². The van der Waals surface area contributed by atoms with Crippen LogP contribution in [0.1, 0.15) is 22.3 Å². The number of nitrogen functional groups attached to an aromatic ring is 2. The van der Waals surface area contributed by atoms with E-state index in [1.165, 1.54) is 11.1 Å². The van der Waals surface area contributed by atoms with Gasteiger partial charge in [-0.1, -0.05) is 0 Å². The topological polar surface area (TPSA) is 87.0 Å². The Morgan fingerprint density at radius 3 is 1.00 bits per heavy atom. The van der Waals surface area contributed by atoms with Crippen LogP contribution in [-0.4, -0.2) is 0 Å². The molecule has 7 N–H and O–H groups in total. The lowest BCUT2D eigenvalue weighted by atomic mass is 9.95. The summed E-state index contributed by atoms with van der Waals surface area (Å²) in [4.78, 5) is 0. The molecule has 0 heterocycles. The molecule has 0 bridgehead atoms. The van der Waals surface area contributed by atoms with Crippen molar-refractivity contribution in [2.24, 2.45) is 0 Å². The second-order valence-electron chi connectivity index (χ2n) is 5.05. The van der Waals surface area contributed by atoms with Crippen molar-refractivity contribution in [3.63, 3.8) is 0 Å². The first kappa shape index (κ1) is 15.1. The summed E-state index contributed by atoms with van der Waals surface area (Å²) in [5.41, 5.74) is 20.6. The summed E-state index contributed by atoms with van der Waals surface area (Å²) in [7, 11) is 0. The number of rotatable bonds is 1. The molecule has 0 fully saturated rings. The van der Waals surface area contributed by atoms with Crippen LogP contribution in [0.2, 0.25) is 0 Å². The lowest BCUT2D eigenvalue weighted by Gasteiger charge is -2.12. The van der Waals surface area contributed by atoms with E-state index in [2.05, 4.69) is 24.3 Å². The van der Waals surface area contributed by atoms with Gasteiger partial charge in [0, 0.05) is 11.4 Å². The molecule has 0 spiro atoms. The largest absolute Gasteiger partial charge is 0.398 e. The summed E-state index contributed by atoms with van der Waals surface area (Å²) in [6.07, 6.45) is 0. The second-order valence-corrected chi connectivity index (χ2v) is 5.05. The highest BCUT2D eigenvalue weighted by molar-refractivity contribution is 5.73. The fourth-order valence-electron chi connectivity index (χ4n) is 2.28. The van der Waals surface area contributed by atoms with Gasteiger partial charge in [0.1, 0.15) is 0 Å². The van der Waals surface area contributed by atoms with Gasteiger partial charge in [0.15, 0.2) is 0 Å². The minimum absolute atomic E-state index is 0. The van der Waals surface area contributed by atoms with Gasteiger partial charge in [-0.3, -0.25) is 0 Å². The molecule has 0 aromatic heterocycles. The van der Waals surface area contributed by atoms with Gasteiger partial charge in [-0.2, -0.15) is 0 Å². The van der Waals surface area contributed by atoms with Gasteiger partial charge < -0.3 is 17.6 Å². The fraction of sp³-hybridized carbons (Fsp3) is 0.250. The summed E-state index contributed by atoms with van der Waals surface area (Å²) >= 11 is 0. The third-order valence-corrected chi connectivity index (χ3v) is 3.52. The maximum atomic E-state index is 5.99. The smallest absolute Gasteiger partial charge is 0.0373 e. The van der Waals surface area contributed by atoms with E-state index < -0.39 is 0 Å². The van der Waals surface area contributed by atoms with Gasteiger partial charge >= 0.3 is 0 Å². The zero-order valence-electron chi connectivity index (χ0n) is 12.2. The molecule has 0 aliphatic carbocycles. The molecule has 3 heteroatoms. The summed E-state index contributed by atoms with van der Waals surface area (Å²) in [6.45, 7) is 8.18. The monoisotopic (exact) mass is 257 g/mol. The van der Waals surface area contributed by atoms with Crippen molar-refractivity contribution in [2.45, 2.75) is 27.7 Å². The molecule has 2 aromatic carbocycles. The molecule has 0 saturated carbocycles. The van der Waals surface area contributed by atoms with Crippen molar-refractivity contribution in [3.05, 3.63) is 46.5 Å². The van der Waals surface area contributed by atoms with Gasteiger partial charge in [-0.25, -0.2) is 0 Å². The predicted octanol–water partition coefficient (Wildman–Crippen LogP) is 3.91. The first-order valence-electron chi connectivity index (χ1n) is 6.14. The molecular formula is C16H23N3. The summed E-state index contributed by atoms with van der Waals surface area (Å²) in [6, 6.07) is 8.53. The highest BCUT2D eigenvalue weighted by atomic mass is 14.6. The van der Waals surface area contributed by atoms with E-state index >= 15 is 0 Å².